The Morgan fingerprint density at radius 1 is 1.19 bits per heavy atom. The summed E-state index contributed by atoms with van der Waals surface area (Å²) in [4.78, 5) is 11.1. The Bertz CT molecular complexity index is 737. The molecular formula is C16H16ClN3S. The molecule has 0 radical (unpaired) electrons. The number of hydrogen-bond donors (Lipinski definition) is 1. The molecule has 0 amide bonds. The Morgan fingerprint density at radius 2 is 2.00 bits per heavy atom. The number of nitrogens with zero attached hydrogens (tertiary/aromatic N) is 2. The van der Waals surface area contributed by atoms with Gasteiger partial charge in [-0.3, -0.25) is 0 Å². The van der Waals surface area contributed by atoms with Crippen molar-refractivity contribution in [1.82, 2.24) is 9.97 Å². The van der Waals surface area contributed by atoms with Gasteiger partial charge in [-0.15, -0.1) is 22.9 Å². The number of aryl methyl sites for hydroxylation is 2. The van der Waals surface area contributed by atoms with Crippen LogP contribution < -0.4 is 5.32 Å². The first kappa shape index (κ1) is 14.3. The number of benzene rings is 1. The van der Waals surface area contributed by atoms with Gasteiger partial charge in [-0.1, -0.05) is 19.1 Å². The predicted octanol–water partition coefficient (Wildman–Crippen LogP) is 4.78. The van der Waals surface area contributed by atoms with Crippen molar-refractivity contribution in [1.29, 1.82) is 0 Å². The molecule has 108 valence electrons. The third-order valence-corrected chi connectivity index (χ3v) is 4.71. The Kier molecular flexibility index (Phi) is 4.36. The van der Waals surface area contributed by atoms with Crippen molar-refractivity contribution >= 4 is 44.7 Å². The average Bonchev–Trinajstić information content (AvgIpc) is 2.94. The van der Waals surface area contributed by atoms with Crippen molar-refractivity contribution in [3.63, 3.8) is 0 Å². The summed E-state index contributed by atoms with van der Waals surface area (Å²) in [5, 5.41) is 4.46. The predicted molar refractivity (Wildman–Crippen MR) is 90.9 cm³/mol. The third kappa shape index (κ3) is 3.17. The van der Waals surface area contributed by atoms with Gasteiger partial charge in [0.15, 0.2) is 0 Å². The van der Waals surface area contributed by atoms with Crippen LogP contribution >= 0.6 is 22.9 Å². The molecule has 0 saturated carbocycles. The monoisotopic (exact) mass is 317 g/mol. The lowest BCUT2D eigenvalue weighted by molar-refractivity contribution is 1.15. The molecule has 2 heterocycles. The molecule has 1 N–H and O–H groups in total. The molecule has 0 aliphatic carbocycles. The molecule has 0 aliphatic rings. The third-order valence-electron chi connectivity index (χ3n) is 3.33. The number of fused-ring (bicyclic) bond motifs is 1. The van der Waals surface area contributed by atoms with Crippen LogP contribution in [0.15, 0.2) is 36.7 Å². The molecule has 5 heteroatoms. The SMILES string of the molecule is CCc1cc2c(Nc3ccc(CCCl)cc3)ncnc2s1. The summed E-state index contributed by atoms with van der Waals surface area (Å²) in [5.41, 5.74) is 2.27. The van der Waals surface area contributed by atoms with E-state index >= 15 is 0 Å². The molecule has 0 atom stereocenters. The van der Waals surface area contributed by atoms with Gasteiger partial charge in [-0.25, -0.2) is 9.97 Å². The fourth-order valence-corrected chi connectivity index (χ4v) is 3.33. The van der Waals surface area contributed by atoms with E-state index in [9.17, 15) is 0 Å². The number of rotatable bonds is 5. The molecule has 0 saturated heterocycles. The van der Waals surface area contributed by atoms with E-state index in [0.29, 0.717) is 5.88 Å². The summed E-state index contributed by atoms with van der Waals surface area (Å²) in [5.74, 6) is 1.51. The van der Waals surface area contributed by atoms with Gasteiger partial charge in [0.25, 0.3) is 0 Å². The van der Waals surface area contributed by atoms with Gasteiger partial charge < -0.3 is 5.32 Å². The minimum atomic E-state index is 0.647. The fraction of sp³-hybridized carbons (Fsp3) is 0.250. The molecule has 0 bridgehead atoms. The number of aromatic nitrogens is 2. The lowest BCUT2D eigenvalue weighted by Crippen LogP contribution is -1.95. The zero-order valence-electron chi connectivity index (χ0n) is 11.8. The molecule has 0 fully saturated rings. The van der Waals surface area contributed by atoms with Crippen LogP contribution in [0.1, 0.15) is 17.4 Å². The lowest BCUT2D eigenvalue weighted by atomic mass is 10.1. The van der Waals surface area contributed by atoms with Crippen molar-refractivity contribution in [2.75, 3.05) is 11.2 Å². The van der Waals surface area contributed by atoms with E-state index in [-0.39, 0.29) is 0 Å². The number of nitrogens with one attached hydrogen (secondary N) is 1. The second-order valence-electron chi connectivity index (χ2n) is 4.77. The molecule has 0 unspecified atom stereocenters. The minimum absolute atomic E-state index is 0.647. The summed E-state index contributed by atoms with van der Waals surface area (Å²) in [6.07, 6.45) is 3.53. The Labute approximate surface area is 133 Å². The minimum Gasteiger partial charge on any atom is -0.340 e. The molecule has 21 heavy (non-hydrogen) atoms. The highest BCUT2D eigenvalue weighted by atomic mass is 35.5. The second kappa shape index (κ2) is 6.41. The highest BCUT2D eigenvalue weighted by Crippen LogP contribution is 2.30. The first-order valence-corrected chi connectivity index (χ1v) is 8.30. The fourth-order valence-electron chi connectivity index (χ4n) is 2.18. The second-order valence-corrected chi connectivity index (χ2v) is 6.26. The first-order valence-electron chi connectivity index (χ1n) is 6.95. The summed E-state index contributed by atoms with van der Waals surface area (Å²) in [7, 11) is 0. The topological polar surface area (TPSA) is 37.8 Å². The molecule has 1 aromatic carbocycles. The number of hydrogen-bond acceptors (Lipinski definition) is 4. The van der Waals surface area contributed by atoms with Crippen LogP contribution in [-0.4, -0.2) is 15.8 Å². The van der Waals surface area contributed by atoms with Gasteiger partial charge in [-0.05, 0) is 36.6 Å². The number of anilines is 2. The molecule has 0 spiro atoms. The zero-order chi connectivity index (χ0) is 14.7. The lowest BCUT2D eigenvalue weighted by Gasteiger charge is -2.07. The highest BCUT2D eigenvalue weighted by molar-refractivity contribution is 7.18. The van der Waals surface area contributed by atoms with Crippen LogP contribution in [0.5, 0.6) is 0 Å². The van der Waals surface area contributed by atoms with Crippen LogP contribution in [0, 0.1) is 0 Å². The molecule has 2 aromatic heterocycles. The summed E-state index contributed by atoms with van der Waals surface area (Å²) < 4.78 is 0. The van der Waals surface area contributed by atoms with E-state index in [4.69, 9.17) is 11.6 Å². The largest absolute Gasteiger partial charge is 0.340 e. The van der Waals surface area contributed by atoms with Crippen molar-refractivity contribution in [2.45, 2.75) is 19.8 Å². The maximum atomic E-state index is 5.76. The Hall–Kier alpha value is -1.65. The van der Waals surface area contributed by atoms with Crippen molar-refractivity contribution in [3.8, 4) is 0 Å². The van der Waals surface area contributed by atoms with Gasteiger partial charge >= 0.3 is 0 Å². The van der Waals surface area contributed by atoms with Crippen LogP contribution in [0.25, 0.3) is 10.2 Å². The van der Waals surface area contributed by atoms with E-state index in [1.807, 2.05) is 0 Å². The van der Waals surface area contributed by atoms with Gasteiger partial charge in [-0.2, -0.15) is 0 Å². The Balaban J connectivity index is 1.88. The van der Waals surface area contributed by atoms with E-state index in [2.05, 4.69) is 52.5 Å². The van der Waals surface area contributed by atoms with Crippen LogP contribution in [-0.2, 0) is 12.8 Å². The normalized spacial score (nSPS) is 11.0. The Morgan fingerprint density at radius 3 is 2.71 bits per heavy atom. The standard InChI is InChI=1S/C16H16ClN3S/c1-2-13-9-14-15(18-10-19-16(14)21-13)20-12-5-3-11(4-6-12)7-8-17/h3-6,9-10H,2,7-8H2,1H3,(H,18,19,20). The summed E-state index contributed by atoms with van der Waals surface area (Å²) in [6.45, 7) is 2.15. The van der Waals surface area contributed by atoms with Crippen LogP contribution in [0.4, 0.5) is 11.5 Å². The van der Waals surface area contributed by atoms with E-state index < -0.39 is 0 Å². The van der Waals surface area contributed by atoms with Gasteiger partial charge in [0.1, 0.15) is 17.0 Å². The molecular weight excluding hydrogens is 302 g/mol. The van der Waals surface area contributed by atoms with E-state index in [0.717, 1.165) is 34.6 Å². The summed E-state index contributed by atoms with van der Waals surface area (Å²) in [6, 6.07) is 10.5. The molecule has 0 aliphatic heterocycles. The van der Waals surface area contributed by atoms with Crippen molar-refractivity contribution < 1.29 is 0 Å². The van der Waals surface area contributed by atoms with E-state index in [1.165, 1.54) is 10.4 Å². The maximum absolute atomic E-state index is 5.76. The smallest absolute Gasteiger partial charge is 0.142 e. The number of alkyl halides is 1. The van der Waals surface area contributed by atoms with Gasteiger partial charge in [0.05, 0.1) is 5.39 Å². The number of thiophene rings is 1. The quantitative estimate of drug-likeness (QED) is 0.688. The average molecular weight is 318 g/mol. The zero-order valence-corrected chi connectivity index (χ0v) is 13.3. The first-order chi connectivity index (χ1) is 10.3. The number of halogens is 1. The molecule has 3 rings (SSSR count). The van der Waals surface area contributed by atoms with Crippen molar-refractivity contribution in [3.05, 3.63) is 47.1 Å². The van der Waals surface area contributed by atoms with Gasteiger partial charge in [0.2, 0.25) is 0 Å². The van der Waals surface area contributed by atoms with Crippen LogP contribution in [0.2, 0.25) is 0 Å². The van der Waals surface area contributed by atoms with Crippen molar-refractivity contribution in [2.24, 2.45) is 0 Å². The molecule has 3 nitrogen and oxygen atoms in total. The summed E-state index contributed by atoms with van der Waals surface area (Å²) >= 11 is 7.48. The maximum Gasteiger partial charge on any atom is 0.142 e. The van der Waals surface area contributed by atoms with Gasteiger partial charge in [0, 0.05) is 16.4 Å². The highest BCUT2D eigenvalue weighted by Gasteiger charge is 2.08. The molecule has 3 aromatic rings. The van der Waals surface area contributed by atoms with Crippen LogP contribution in [0.3, 0.4) is 0 Å². The van der Waals surface area contributed by atoms with E-state index in [1.54, 1.807) is 17.7 Å².